The van der Waals surface area contributed by atoms with Crippen LogP contribution in [-0.4, -0.2) is 8.42 Å². The maximum absolute atomic E-state index is 12.4. The summed E-state index contributed by atoms with van der Waals surface area (Å²) in [4.78, 5) is 0.453. The van der Waals surface area contributed by atoms with Crippen LogP contribution in [0.5, 0.6) is 0 Å². The van der Waals surface area contributed by atoms with Crippen molar-refractivity contribution in [3.8, 4) is 0 Å². The maximum Gasteiger partial charge on any atom is 0.417 e. The molecule has 0 aliphatic carbocycles. The van der Waals surface area contributed by atoms with Gasteiger partial charge in [-0.25, -0.2) is 8.42 Å². The van der Waals surface area contributed by atoms with E-state index >= 15 is 0 Å². The fraction of sp³-hybridized carbons (Fsp3) is 0.143. The van der Waals surface area contributed by atoms with E-state index in [2.05, 4.69) is 5.84 Å². The molecular weight excluding hydrogens is 233 g/mol. The Hall–Kier alpha value is -1.12. The second-order valence-corrected chi connectivity index (χ2v) is 4.30. The molecule has 0 amide bonds. The molecule has 0 saturated carbocycles. The number of hydrogen-bond acceptors (Lipinski definition) is 3. The van der Waals surface area contributed by atoms with E-state index in [1.807, 2.05) is 0 Å². The van der Waals surface area contributed by atoms with Gasteiger partial charge in [0, 0.05) is 0 Å². The first kappa shape index (κ1) is 12.0. The van der Waals surface area contributed by atoms with Crippen molar-refractivity contribution < 1.29 is 21.6 Å². The van der Waals surface area contributed by atoms with E-state index in [9.17, 15) is 21.6 Å². The SMILES string of the molecule is NNS(=O)(=O)c1ccccc1C(F)(F)F. The number of halogens is 3. The second kappa shape index (κ2) is 3.80. The van der Waals surface area contributed by atoms with Crippen LogP contribution in [0.3, 0.4) is 0 Å². The Balaban J connectivity index is 3.45. The molecular formula is C7H7F3N2O2S. The zero-order valence-corrected chi connectivity index (χ0v) is 8.06. The van der Waals surface area contributed by atoms with E-state index in [0.29, 0.717) is 6.07 Å². The summed E-state index contributed by atoms with van der Waals surface area (Å²) in [5, 5.41) is 0. The minimum absolute atomic E-state index is 0.671. The highest BCUT2D eigenvalue weighted by Gasteiger charge is 2.36. The quantitative estimate of drug-likeness (QED) is 0.594. The standard InChI is InChI=1S/C7H7F3N2O2S/c8-7(9,10)5-3-1-2-4-6(5)15(13,14)12-11/h1-4,12H,11H2. The first-order valence-corrected chi connectivity index (χ1v) is 5.16. The molecule has 0 fully saturated rings. The number of nitrogens with two attached hydrogens (primary N) is 1. The third-order valence-electron chi connectivity index (χ3n) is 1.64. The third kappa shape index (κ3) is 2.46. The van der Waals surface area contributed by atoms with Crippen LogP contribution in [-0.2, 0) is 16.2 Å². The highest BCUT2D eigenvalue weighted by Crippen LogP contribution is 2.33. The van der Waals surface area contributed by atoms with E-state index in [1.54, 1.807) is 0 Å². The van der Waals surface area contributed by atoms with E-state index in [-0.39, 0.29) is 0 Å². The lowest BCUT2D eigenvalue weighted by atomic mass is 10.2. The number of hydrogen-bond donors (Lipinski definition) is 2. The Morgan fingerprint density at radius 1 is 1.20 bits per heavy atom. The van der Waals surface area contributed by atoms with Crippen molar-refractivity contribution in [2.45, 2.75) is 11.1 Å². The van der Waals surface area contributed by atoms with Gasteiger partial charge in [-0.1, -0.05) is 12.1 Å². The van der Waals surface area contributed by atoms with Crippen molar-refractivity contribution in [3.05, 3.63) is 29.8 Å². The zero-order valence-electron chi connectivity index (χ0n) is 7.25. The molecule has 8 heteroatoms. The molecule has 4 nitrogen and oxygen atoms in total. The summed E-state index contributed by atoms with van der Waals surface area (Å²) < 4.78 is 59.4. The first-order chi connectivity index (χ1) is 6.79. The van der Waals surface area contributed by atoms with E-state index in [0.717, 1.165) is 12.1 Å². The summed E-state index contributed by atoms with van der Waals surface area (Å²) in [6, 6.07) is 3.78. The van der Waals surface area contributed by atoms with E-state index in [4.69, 9.17) is 0 Å². The summed E-state index contributed by atoms with van der Waals surface area (Å²) in [5.41, 5.74) is -1.25. The van der Waals surface area contributed by atoms with Gasteiger partial charge in [0.2, 0.25) is 0 Å². The molecule has 15 heavy (non-hydrogen) atoms. The molecule has 0 atom stereocenters. The van der Waals surface area contributed by atoms with Gasteiger partial charge in [-0.05, 0) is 12.1 Å². The normalized spacial score (nSPS) is 12.8. The lowest BCUT2D eigenvalue weighted by molar-refractivity contribution is -0.139. The number of benzene rings is 1. The number of nitrogens with one attached hydrogen (secondary N) is 1. The second-order valence-electron chi connectivity index (χ2n) is 2.62. The number of alkyl halides is 3. The van der Waals surface area contributed by atoms with Crippen LogP contribution >= 0.6 is 0 Å². The fourth-order valence-corrected chi connectivity index (χ4v) is 1.86. The molecule has 84 valence electrons. The number of sulfonamides is 1. The molecule has 0 aliphatic heterocycles. The molecule has 1 aromatic rings. The predicted octanol–water partition coefficient (Wildman–Crippen LogP) is 0.857. The monoisotopic (exact) mass is 240 g/mol. The average molecular weight is 240 g/mol. The molecule has 0 spiro atoms. The van der Waals surface area contributed by atoms with Gasteiger partial charge >= 0.3 is 6.18 Å². The van der Waals surface area contributed by atoms with Crippen LogP contribution in [0.1, 0.15) is 5.56 Å². The van der Waals surface area contributed by atoms with Crippen molar-refractivity contribution in [1.29, 1.82) is 0 Å². The van der Waals surface area contributed by atoms with Crippen LogP contribution in [0.4, 0.5) is 13.2 Å². The van der Waals surface area contributed by atoms with Gasteiger partial charge in [0.05, 0.1) is 10.5 Å². The van der Waals surface area contributed by atoms with Gasteiger partial charge in [-0.2, -0.15) is 18.0 Å². The van der Waals surface area contributed by atoms with Gasteiger partial charge < -0.3 is 0 Å². The van der Waals surface area contributed by atoms with Crippen molar-refractivity contribution in [2.75, 3.05) is 0 Å². The zero-order chi connectivity index (χ0) is 11.7. The maximum atomic E-state index is 12.4. The Labute approximate surface area is 83.9 Å². The third-order valence-corrected chi connectivity index (χ3v) is 2.88. The van der Waals surface area contributed by atoms with Gasteiger partial charge in [0.1, 0.15) is 0 Å². The van der Waals surface area contributed by atoms with Crippen molar-refractivity contribution in [3.63, 3.8) is 0 Å². The fourth-order valence-electron chi connectivity index (χ4n) is 0.999. The number of hydrazine groups is 1. The molecule has 0 bridgehead atoms. The summed E-state index contributed by atoms with van der Waals surface area (Å²) in [5.74, 6) is 4.65. The van der Waals surface area contributed by atoms with E-state index in [1.165, 1.54) is 10.9 Å². The van der Waals surface area contributed by atoms with Crippen LogP contribution in [0, 0.1) is 0 Å². The smallest absolute Gasteiger partial charge is 0.257 e. The molecule has 0 saturated heterocycles. The van der Waals surface area contributed by atoms with Crippen molar-refractivity contribution in [1.82, 2.24) is 4.83 Å². The minimum atomic E-state index is -4.74. The highest BCUT2D eigenvalue weighted by molar-refractivity contribution is 7.89. The lowest BCUT2D eigenvalue weighted by Crippen LogP contribution is -2.31. The molecule has 1 rings (SSSR count). The van der Waals surface area contributed by atoms with Crippen LogP contribution < -0.4 is 10.7 Å². The summed E-state index contributed by atoms with van der Waals surface area (Å²) in [7, 11) is -4.30. The topological polar surface area (TPSA) is 72.2 Å². The largest absolute Gasteiger partial charge is 0.417 e. The van der Waals surface area contributed by atoms with Crippen LogP contribution in [0.15, 0.2) is 29.2 Å². The molecule has 1 aromatic carbocycles. The summed E-state index contributed by atoms with van der Waals surface area (Å²) in [6.45, 7) is 0. The predicted molar refractivity (Wildman–Crippen MR) is 46.0 cm³/mol. The van der Waals surface area contributed by atoms with Gasteiger partial charge in [-0.3, -0.25) is 5.84 Å². The summed E-state index contributed by atoms with van der Waals surface area (Å²) >= 11 is 0. The molecule has 0 aliphatic rings. The highest BCUT2D eigenvalue weighted by atomic mass is 32.2. The Bertz CT molecular complexity index is 456. The van der Waals surface area contributed by atoms with E-state index < -0.39 is 26.7 Å². The average Bonchev–Trinajstić information content (AvgIpc) is 2.16. The van der Waals surface area contributed by atoms with Gasteiger partial charge in [0.25, 0.3) is 10.0 Å². The van der Waals surface area contributed by atoms with Gasteiger partial charge in [-0.15, -0.1) is 0 Å². The lowest BCUT2D eigenvalue weighted by Gasteiger charge is -2.11. The number of rotatable bonds is 2. The Morgan fingerprint density at radius 2 is 1.73 bits per heavy atom. The van der Waals surface area contributed by atoms with Crippen molar-refractivity contribution in [2.24, 2.45) is 5.84 Å². The first-order valence-electron chi connectivity index (χ1n) is 3.67. The Kier molecular flexibility index (Phi) is 3.03. The molecule has 3 N–H and O–H groups in total. The van der Waals surface area contributed by atoms with Crippen molar-refractivity contribution >= 4 is 10.0 Å². The van der Waals surface area contributed by atoms with Crippen LogP contribution in [0.25, 0.3) is 0 Å². The Morgan fingerprint density at radius 3 is 2.20 bits per heavy atom. The van der Waals surface area contributed by atoms with Gasteiger partial charge in [0.15, 0.2) is 0 Å². The molecule has 0 heterocycles. The molecule has 0 aromatic heterocycles. The molecule has 0 radical (unpaired) electrons. The van der Waals surface area contributed by atoms with Crippen LogP contribution in [0.2, 0.25) is 0 Å². The minimum Gasteiger partial charge on any atom is -0.257 e. The summed E-state index contributed by atoms with van der Waals surface area (Å²) in [6.07, 6.45) is -4.74. The molecule has 0 unspecified atom stereocenters.